The zero-order valence-corrected chi connectivity index (χ0v) is 29.4. The van der Waals surface area contributed by atoms with Crippen LogP contribution in [0.3, 0.4) is 0 Å². The Labute approximate surface area is 299 Å². The molecule has 0 radical (unpaired) electrons. The molecule has 0 aliphatic carbocycles. The molecule has 50 heavy (non-hydrogen) atoms. The molecule has 5 aromatic carbocycles. The number of hydrogen-bond acceptors (Lipinski definition) is 5. The Balaban J connectivity index is 1.21. The highest BCUT2D eigenvalue weighted by Gasteiger charge is 2.39. The van der Waals surface area contributed by atoms with Crippen molar-refractivity contribution in [3.8, 4) is 5.75 Å². The van der Waals surface area contributed by atoms with Crippen LogP contribution in [0.2, 0.25) is 0 Å². The second-order valence-electron chi connectivity index (χ2n) is 13.1. The van der Waals surface area contributed by atoms with Crippen LogP contribution in [0.1, 0.15) is 57.7 Å². The largest absolute Gasteiger partial charge is 0.488 e. The summed E-state index contributed by atoms with van der Waals surface area (Å²) in [6.45, 7) is 8.47. The Morgan fingerprint density at radius 1 is 0.760 bits per heavy atom. The molecule has 1 saturated heterocycles. The van der Waals surface area contributed by atoms with Crippen LogP contribution in [0, 0.1) is 5.92 Å². The van der Waals surface area contributed by atoms with Crippen LogP contribution in [-0.4, -0.2) is 18.8 Å². The van der Waals surface area contributed by atoms with E-state index in [1.165, 1.54) is 20.5 Å². The Hall–Kier alpha value is -4.52. The molecule has 5 heteroatoms. The van der Waals surface area contributed by atoms with Crippen LogP contribution in [0.4, 0.5) is 0 Å². The third kappa shape index (κ3) is 8.43. The van der Waals surface area contributed by atoms with E-state index in [0.29, 0.717) is 26.4 Å². The van der Waals surface area contributed by atoms with E-state index in [4.69, 9.17) is 18.9 Å². The summed E-state index contributed by atoms with van der Waals surface area (Å²) < 4.78 is 28.0. The molecule has 1 fully saturated rings. The van der Waals surface area contributed by atoms with Gasteiger partial charge in [-0.1, -0.05) is 129 Å². The van der Waals surface area contributed by atoms with Crippen molar-refractivity contribution in [2.45, 2.75) is 57.9 Å². The predicted octanol–water partition coefficient (Wildman–Crippen LogP) is 11.0. The van der Waals surface area contributed by atoms with Crippen molar-refractivity contribution >= 4 is 27.5 Å². The minimum atomic E-state index is -0.263. The summed E-state index contributed by atoms with van der Waals surface area (Å²) >= 11 is 1.84. The lowest BCUT2D eigenvalue weighted by Crippen LogP contribution is -2.41. The molecule has 2 heterocycles. The lowest BCUT2D eigenvalue weighted by molar-refractivity contribution is -0.171. The van der Waals surface area contributed by atoms with Gasteiger partial charge in [0.1, 0.15) is 12.4 Å². The first-order valence-corrected chi connectivity index (χ1v) is 18.3. The van der Waals surface area contributed by atoms with Crippen LogP contribution in [-0.2, 0) is 40.5 Å². The first kappa shape index (κ1) is 34.0. The van der Waals surface area contributed by atoms with E-state index in [0.717, 1.165) is 46.4 Å². The van der Waals surface area contributed by atoms with Crippen LogP contribution in [0.5, 0.6) is 5.75 Å². The normalized spacial score (nSPS) is 19.0. The molecule has 1 aliphatic heterocycles. The molecule has 4 atom stereocenters. The summed E-state index contributed by atoms with van der Waals surface area (Å²) in [6, 6.07) is 46.3. The van der Waals surface area contributed by atoms with Crippen LogP contribution in [0.15, 0.2) is 140 Å². The average molecular weight is 681 g/mol. The summed E-state index contributed by atoms with van der Waals surface area (Å²) in [6.07, 6.45) is 3.04. The maximum atomic E-state index is 7.02. The number of thiophene rings is 1. The first-order valence-electron chi connectivity index (χ1n) is 17.5. The van der Waals surface area contributed by atoms with Gasteiger partial charge in [-0.3, -0.25) is 0 Å². The summed E-state index contributed by atoms with van der Waals surface area (Å²) in [5.41, 5.74) is 6.73. The van der Waals surface area contributed by atoms with Gasteiger partial charge < -0.3 is 18.9 Å². The van der Waals surface area contributed by atoms with Gasteiger partial charge in [-0.15, -0.1) is 11.3 Å². The molecule has 4 unspecified atom stereocenters. The van der Waals surface area contributed by atoms with E-state index < -0.39 is 0 Å². The van der Waals surface area contributed by atoms with E-state index >= 15 is 0 Å². The summed E-state index contributed by atoms with van der Waals surface area (Å²) in [7, 11) is 0. The van der Waals surface area contributed by atoms with Gasteiger partial charge >= 0.3 is 0 Å². The maximum Gasteiger partial charge on any atom is 0.126 e. The molecule has 1 aromatic heterocycles. The molecule has 0 saturated carbocycles. The van der Waals surface area contributed by atoms with Crippen LogP contribution < -0.4 is 4.74 Å². The topological polar surface area (TPSA) is 36.9 Å². The van der Waals surface area contributed by atoms with Gasteiger partial charge in [0.2, 0.25) is 0 Å². The number of fused-ring (bicyclic) bond motifs is 1. The minimum Gasteiger partial charge on any atom is -0.488 e. The van der Waals surface area contributed by atoms with Gasteiger partial charge in [-0.05, 0) is 57.5 Å². The number of rotatable bonds is 14. The molecule has 6 aromatic rings. The Morgan fingerprint density at radius 2 is 1.40 bits per heavy atom. The third-order valence-electron chi connectivity index (χ3n) is 9.50. The molecule has 0 amide bonds. The van der Waals surface area contributed by atoms with Crippen molar-refractivity contribution < 1.29 is 18.9 Å². The maximum absolute atomic E-state index is 7.02. The fourth-order valence-corrected chi connectivity index (χ4v) is 7.88. The van der Waals surface area contributed by atoms with E-state index in [9.17, 15) is 0 Å². The van der Waals surface area contributed by atoms with Gasteiger partial charge in [0, 0.05) is 33.9 Å². The number of ether oxygens (including phenoxy) is 4. The van der Waals surface area contributed by atoms with Gasteiger partial charge in [0.15, 0.2) is 0 Å². The molecule has 0 spiro atoms. The van der Waals surface area contributed by atoms with E-state index in [-0.39, 0.29) is 24.2 Å². The van der Waals surface area contributed by atoms with Crippen LogP contribution >= 0.6 is 11.3 Å². The lowest BCUT2D eigenvalue weighted by atomic mass is 9.84. The standard InChI is InChI=1S/C45H44O4S/c1-3-36-26-43(48-30-35-19-11-6-12-20-35)41(25-38(36)24-40-23-37-21-13-14-22-44(37)50-40)45-32(2)42(47-29-34-17-9-5-10-18-34)27-39(49-45)31-46-28-33-15-7-4-8-16-33/h3-23,25-26,32,39,42,45H,1,24,27-31H2,2H3. The SMILES string of the molecule is C=Cc1cc(OCc2ccccc2)c(C2OC(COCc3ccccc3)CC(OCc3ccccc3)C2C)cc1Cc1cc2ccccc2s1. The lowest BCUT2D eigenvalue weighted by Gasteiger charge is -2.41. The van der Waals surface area contributed by atoms with Crippen molar-refractivity contribution in [1.29, 1.82) is 0 Å². The highest BCUT2D eigenvalue weighted by Crippen LogP contribution is 2.44. The molecule has 4 nitrogen and oxygen atoms in total. The van der Waals surface area contributed by atoms with Gasteiger partial charge in [-0.25, -0.2) is 0 Å². The summed E-state index contributed by atoms with van der Waals surface area (Å²) in [5.74, 6) is 0.878. The molecule has 0 N–H and O–H groups in total. The Bertz CT molecular complexity index is 1940. The van der Waals surface area contributed by atoms with Crippen LogP contribution in [0.25, 0.3) is 16.2 Å². The average Bonchev–Trinajstić information content (AvgIpc) is 3.58. The number of benzene rings is 5. The second-order valence-corrected chi connectivity index (χ2v) is 14.3. The number of hydrogen-bond donors (Lipinski definition) is 0. The van der Waals surface area contributed by atoms with Crippen molar-refractivity contribution in [3.63, 3.8) is 0 Å². The van der Waals surface area contributed by atoms with Gasteiger partial charge in [0.05, 0.1) is 38.1 Å². The zero-order chi connectivity index (χ0) is 34.1. The smallest absolute Gasteiger partial charge is 0.126 e. The van der Waals surface area contributed by atoms with Crippen molar-refractivity contribution in [2.75, 3.05) is 6.61 Å². The van der Waals surface area contributed by atoms with E-state index in [1.807, 2.05) is 59.9 Å². The minimum absolute atomic E-state index is 0.0358. The van der Waals surface area contributed by atoms with Crippen molar-refractivity contribution in [2.24, 2.45) is 5.92 Å². The molecule has 7 rings (SSSR count). The summed E-state index contributed by atoms with van der Waals surface area (Å²) in [5, 5.41) is 1.27. The Kier molecular flexibility index (Phi) is 11.2. The van der Waals surface area contributed by atoms with E-state index in [2.05, 4.69) is 104 Å². The first-order chi connectivity index (χ1) is 24.6. The highest BCUT2D eigenvalue weighted by atomic mass is 32.1. The molecule has 0 bridgehead atoms. The highest BCUT2D eigenvalue weighted by molar-refractivity contribution is 7.19. The fraction of sp³-hybridized carbons (Fsp3) is 0.244. The van der Waals surface area contributed by atoms with Crippen molar-refractivity contribution in [3.05, 3.63) is 178 Å². The second kappa shape index (κ2) is 16.5. The van der Waals surface area contributed by atoms with E-state index in [1.54, 1.807) is 0 Å². The zero-order valence-electron chi connectivity index (χ0n) is 28.6. The summed E-state index contributed by atoms with van der Waals surface area (Å²) in [4.78, 5) is 1.31. The third-order valence-corrected chi connectivity index (χ3v) is 10.6. The monoisotopic (exact) mass is 680 g/mol. The molecule has 1 aliphatic rings. The molecular formula is C45H44O4S. The van der Waals surface area contributed by atoms with Gasteiger partial charge in [0.25, 0.3) is 0 Å². The molecular weight excluding hydrogens is 637 g/mol. The molecule has 254 valence electrons. The van der Waals surface area contributed by atoms with Gasteiger partial charge in [-0.2, -0.15) is 0 Å². The Morgan fingerprint density at radius 3 is 2.08 bits per heavy atom. The fourth-order valence-electron chi connectivity index (χ4n) is 6.80. The quantitative estimate of drug-likeness (QED) is 0.115. The predicted molar refractivity (Wildman–Crippen MR) is 204 cm³/mol. The van der Waals surface area contributed by atoms with Crippen molar-refractivity contribution in [1.82, 2.24) is 0 Å².